The van der Waals surface area contributed by atoms with Gasteiger partial charge in [0, 0.05) is 39.4 Å². The third-order valence-corrected chi connectivity index (χ3v) is 10.9. The summed E-state index contributed by atoms with van der Waals surface area (Å²) < 4.78 is 18.0. The average molecular weight is 572 g/mol. The number of nitrogens with zero attached hydrogens (tertiary/aromatic N) is 1. The molecule has 0 heterocycles. The van der Waals surface area contributed by atoms with Gasteiger partial charge >= 0.3 is 8.80 Å². The molecule has 1 rings (SSSR count). The molecule has 1 aromatic carbocycles. The lowest BCUT2D eigenvalue weighted by Crippen LogP contribution is -3.00. The van der Waals surface area contributed by atoms with E-state index in [1.807, 2.05) is 0 Å². The molecule has 0 aromatic heterocycles. The third-order valence-electron chi connectivity index (χ3n) is 8.07. The number of hydrogen-bond donors (Lipinski definition) is 0. The summed E-state index contributed by atoms with van der Waals surface area (Å²) in [5.74, 6) is 0. The van der Waals surface area contributed by atoms with Crippen molar-refractivity contribution in [3.8, 4) is 0 Å². The Morgan fingerprint density at radius 1 is 0.579 bits per heavy atom. The normalized spacial score (nSPS) is 13.3. The molecule has 0 spiro atoms. The van der Waals surface area contributed by atoms with Gasteiger partial charge in [-0.2, -0.15) is 0 Å². The molecule has 0 saturated carbocycles. The minimum atomic E-state index is -2.50. The second-order valence-electron chi connectivity index (χ2n) is 11.4. The van der Waals surface area contributed by atoms with E-state index >= 15 is 0 Å². The molecule has 0 saturated heterocycles. The SMILES string of the molecule is CCCCCCCCCCCCCCCCCC[N+](C)(CCC[Si](OC)(OC)OC)Cc1ccccc1.[Cl-]. The molecule has 0 aliphatic heterocycles. The Morgan fingerprint density at radius 2 is 0.974 bits per heavy atom. The molecule has 0 N–H and O–H groups in total. The molecule has 0 bridgehead atoms. The van der Waals surface area contributed by atoms with Gasteiger partial charge in [-0.3, -0.25) is 0 Å². The van der Waals surface area contributed by atoms with Crippen LogP contribution < -0.4 is 12.4 Å². The van der Waals surface area contributed by atoms with Gasteiger partial charge in [-0.05, 0) is 12.8 Å². The Morgan fingerprint density at radius 3 is 1.39 bits per heavy atom. The zero-order valence-electron chi connectivity index (χ0n) is 25.8. The van der Waals surface area contributed by atoms with Gasteiger partial charge < -0.3 is 30.2 Å². The van der Waals surface area contributed by atoms with Crippen molar-refractivity contribution in [1.82, 2.24) is 0 Å². The van der Waals surface area contributed by atoms with Gasteiger partial charge in [-0.1, -0.05) is 127 Å². The number of unbranched alkanes of at least 4 members (excludes halogenated alkanes) is 15. The van der Waals surface area contributed by atoms with Gasteiger partial charge in [-0.15, -0.1) is 0 Å². The van der Waals surface area contributed by atoms with Gasteiger partial charge in [0.25, 0.3) is 0 Å². The molecule has 0 radical (unpaired) electrons. The predicted octanol–water partition coefficient (Wildman–Crippen LogP) is 6.17. The van der Waals surface area contributed by atoms with Gasteiger partial charge in [0.1, 0.15) is 6.54 Å². The first kappa shape index (κ1) is 37.6. The van der Waals surface area contributed by atoms with E-state index in [9.17, 15) is 0 Å². The molecule has 0 amide bonds. The van der Waals surface area contributed by atoms with Crippen LogP contribution in [-0.4, -0.2) is 54.8 Å². The van der Waals surface area contributed by atoms with Crippen LogP contribution in [0.2, 0.25) is 6.04 Å². The fourth-order valence-electron chi connectivity index (χ4n) is 5.57. The van der Waals surface area contributed by atoms with E-state index in [2.05, 4.69) is 44.3 Å². The van der Waals surface area contributed by atoms with Crippen molar-refractivity contribution in [2.75, 3.05) is 41.5 Å². The van der Waals surface area contributed by atoms with Crippen LogP contribution in [0.3, 0.4) is 0 Å². The third kappa shape index (κ3) is 18.0. The van der Waals surface area contributed by atoms with Gasteiger partial charge in [0.2, 0.25) is 0 Å². The van der Waals surface area contributed by atoms with Crippen molar-refractivity contribution >= 4 is 8.80 Å². The van der Waals surface area contributed by atoms with Crippen molar-refractivity contribution < 1.29 is 30.2 Å². The monoisotopic (exact) mass is 571 g/mol. The second kappa shape index (κ2) is 24.4. The molecular weight excluding hydrogens is 510 g/mol. The maximum atomic E-state index is 5.65. The van der Waals surface area contributed by atoms with Gasteiger partial charge in [0.15, 0.2) is 0 Å². The lowest BCUT2D eigenvalue weighted by Gasteiger charge is -2.36. The van der Waals surface area contributed by atoms with Crippen LogP contribution >= 0.6 is 0 Å². The number of rotatable bonds is 26. The van der Waals surface area contributed by atoms with Crippen LogP contribution in [0, 0.1) is 0 Å². The van der Waals surface area contributed by atoms with E-state index < -0.39 is 8.80 Å². The van der Waals surface area contributed by atoms with Crippen LogP contribution in [0.25, 0.3) is 0 Å². The van der Waals surface area contributed by atoms with E-state index in [-0.39, 0.29) is 12.4 Å². The Balaban J connectivity index is 0.0000137. The zero-order chi connectivity index (χ0) is 27.1. The van der Waals surface area contributed by atoms with E-state index in [0.29, 0.717) is 0 Å². The molecule has 224 valence electrons. The van der Waals surface area contributed by atoms with Gasteiger partial charge in [0.05, 0.1) is 20.1 Å². The van der Waals surface area contributed by atoms with E-state index in [4.69, 9.17) is 13.3 Å². The fourth-order valence-corrected chi connectivity index (χ4v) is 7.27. The van der Waals surface area contributed by atoms with Crippen LogP contribution in [0.5, 0.6) is 0 Å². The molecule has 0 fully saturated rings. The number of halogens is 1. The number of hydrogen-bond acceptors (Lipinski definition) is 3. The maximum absolute atomic E-state index is 5.65. The van der Waals surface area contributed by atoms with E-state index in [0.717, 1.165) is 30.0 Å². The van der Waals surface area contributed by atoms with E-state index in [1.165, 1.54) is 115 Å². The Kier molecular flexibility index (Phi) is 24.1. The van der Waals surface area contributed by atoms with Crippen molar-refractivity contribution in [1.29, 1.82) is 0 Å². The Bertz CT molecular complexity index is 624. The molecule has 4 nitrogen and oxygen atoms in total. The van der Waals surface area contributed by atoms with Crippen molar-refractivity contribution in [2.24, 2.45) is 0 Å². The summed E-state index contributed by atoms with van der Waals surface area (Å²) in [5, 5.41) is 0. The Labute approximate surface area is 244 Å². The summed E-state index contributed by atoms with van der Waals surface area (Å²) in [6, 6.07) is 11.8. The quantitative estimate of drug-likeness (QED) is 0.0756. The number of quaternary nitrogens is 1. The standard InChI is InChI=1S/C32H62NO3Si.ClH/c1-6-7-8-9-10-11-12-13-14-15-16-17-18-19-20-24-28-33(2,31-32-26-22-21-23-27-32)29-25-30-37(34-3,35-4)36-5;/h21-23,26-27H,6-20,24-25,28-31H2,1-5H3;1H/q+1;/p-1. The van der Waals surface area contributed by atoms with Crippen LogP contribution in [0.15, 0.2) is 30.3 Å². The molecule has 1 aromatic rings. The molecule has 6 heteroatoms. The highest BCUT2D eigenvalue weighted by atomic mass is 35.5. The van der Waals surface area contributed by atoms with Crippen LogP contribution in [0.4, 0.5) is 0 Å². The molecule has 0 aliphatic rings. The molecule has 1 unspecified atom stereocenters. The van der Waals surface area contributed by atoms with E-state index in [1.54, 1.807) is 21.3 Å². The van der Waals surface area contributed by atoms with Crippen molar-refractivity contribution in [2.45, 2.75) is 129 Å². The summed E-state index contributed by atoms with van der Waals surface area (Å²) in [4.78, 5) is 0. The van der Waals surface area contributed by atoms with Crippen molar-refractivity contribution in [3.63, 3.8) is 0 Å². The molecule has 0 aliphatic carbocycles. The average Bonchev–Trinajstić information content (AvgIpc) is 2.92. The Hall–Kier alpha value is -0.433. The summed E-state index contributed by atoms with van der Waals surface area (Å²) in [6.07, 6.45) is 23.8. The minimum absolute atomic E-state index is 0. The minimum Gasteiger partial charge on any atom is -1.00 e. The molecule has 1 atom stereocenters. The first-order valence-electron chi connectivity index (χ1n) is 15.6. The fraction of sp³-hybridized carbons (Fsp3) is 0.812. The summed E-state index contributed by atoms with van der Waals surface area (Å²) in [5.41, 5.74) is 1.43. The highest BCUT2D eigenvalue weighted by molar-refractivity contribution is 6.60. The topological polar surface area (TPSA) is 27.7 Å². The summed E-state index contributed by atoms with van der Waals surface area (Å²) in [6.45, 7) is 5.74. The van der Waals surface area contributed by atoms with Gasteiger partial charge in [-0.25, -0.2) is 0 Å². The first-order chi connectivity index (χ1) is 18.0. The summed E-state index contributed by atoms with van der Waals surface area (Å²) in [7, 11) is 5.08. The highest BCUT2D eigenvalue weighted by Crippen LogP contribution is 2.21. The second-order valence-corrected chi connectivity index (χ2v) is 14.5. The highest BCUT2D eigenvalue weighted by Gasteiger charge is 2.38. The summed E-state index contributed by atoms with van der Waals surface area (Å²) >= 11 is 0. The number of benzene rings is 1. The zero-order valence-corrected chi connectivity index (χ0v) is 27.5. The first-order valence-corrected chi connectivity index (χ1v) is 17.5. The molecule has 38 heavy (non-hydrogen) atoms. The largest absolute Gasteiger partial charge is 1.00 e. The smallest absolute Gasteiger partial charge is 0.500 e. The predicted molar refractivity (Wildman–Crippen MR) is 162 cm³/mol. The lowest BCUT2D eigenvalue weighted by atomic mass is 10.0. The lowest BCUT2D eigenvalue weighted by molar-refractivity contribution is -0.922. The van der Waals surface area contributed by atoms with Crippen molar-refractivity contribution in [3.05, 3.63) is 35.9 Å². The maximum Gasteiger partial charge on any atom is 0.500 e. The van der Waals surface area contributed by atoms with Crippen LogP contribution in [-0.2, 0) is 19.8 Å². The van der Waals surface area contributed by atoms with Crippen LogP contribution in [0.1, 0.15) is 122 Å². The molecular formula is C32H62ClNO3Si.